The molecule has 2 aromatic carbocycles. The molecule has 30 heavy (non-hydrogen) atoms. The SMILES string of the molecule is COc1ccc(C=CC(=O)Oc2c(C)cccc2C)cc1S(=O)(=O)N1CCOCC1. The lowest BCUT2D eigenvalue weighted by Crippen LogP contribution is -2.40. The van der Waals surface area contributed by atoms with Gasteiger partial charge in [-0.1, -0.05) is 24.3 Å². The molecular formula is C22H25NO6S. The van der Waals surface area contributed by atoms with Crippen molar-refractivity contribution in [1.82, 2.24) is 4.31 Å². The van der Waals surface area contributed by atoms with Crippen molar-refractivity contribution in [3.63, 3.8) is 0 Å². The minimum absolute atomic E-state index is 0.0529. The summed E-state index contributed by atoms with van der Waals surface area (Å²) < 4.78 is 43.4. The van der Waals surface area contributed by atoms with Crippen molar-refractivity contribution < 1.29 is 27.4 Å². The molecule has 1 aliphatic heterocycles. The molecule has 0 aromatic heterocycles. The van der Waals surface area contributed by atoms with Gasteiger partial charge in [-0.25, -0.2) is 13.2 Å². The number of benzene rings is 2. The zero-order chi connectivity index (χ0) is 21.7. The van der Waals surface area contributed by atoms with Crippen LogP contribution >= 0.6 is 0 Å². The van der Waals surface area contributed by atoms with E-state index in [4.69, 9.17) is 14.2 Å². The fourth-order valence-electron chi connectivity index (χ4n) is 3.18. The fourth-order valence-corrected chi connectivity index (χ4v) is 4.78. The molecule has 8 heteroatoms. The van der Waals surface area contributed by atoms with Crippen LogP contribution in [0.4, 0.5) is 0 Å². The number of para-hydroxylation sites is 1. The topological polar surface area (TPSA) is 82.1 Å². The summed E-state index contributed by atoms with van der Waals surface area (Å²) in [6.07, 6.45) is 2.80. The summed E-state index contributed by atoms with van der Waals surface area (Å²) >= 11 is 0. The van der Waals surface area contributed by atoms with Gasteiger partial charge < -0.3 is 14.2 Å². The first-order valence-electron chi connectivity index (χ1n) is 9.55. The van der Waals surface area contributed by atoms with E-state index >= 15 is 0 Å². The predicted octanol–water partition coefficient (Wildman–Crippen LogP) is 2.95. The van der Waals surface area contributed by atoms with Crippen molar-refractivity contribution in [3.8, 4) is 11.5 Å². The van der Waals surface area contributed by atoms with Crippen LogP contribution in [0.2, 0.25) is 0 Å². The van der Waals surface area contributed by atoms with Crippen LogP contribution in [-0.4, -0.2) is 52.1 Å². The molecular weight excluding hydrogens is 406 g/mol. The van der Waals surface area contributed by atoms with Crippen LogP contribution in [0.3, 0.4) is 0 Å². The Kier molecular flexibility index (Phi) is 6.91. The normalized spacial score (nSPS) is 15.3. The van der Waals surface area contributed by atoms with Gasteiger partial charge in [0.2, 0.25) is 10.0 Å². The first-order chi connectivity index (χ1) is 14.3. The Morgan fingerprint density at radius 3 is 2.40 bits per heavy atom. The molecule has 0 atom stereocenters. The van der Waals surface area contributed by atoms with Gasteiger partial charge in [0.05, 0.1) is 20.3 Å². The molecule has 1 aliphatic rings. The third-order valence-corrected chi connectivity index (χ3v) is 6.72. The van der Waals surface area contributed by atoms with Crippen LogP contribution in [0.15, 0.2) is 47.4 Å². The van der Waals surface area contributed by atoms with Crippen molar-refractivity contribution >= 4 is 22.1 Å². The molecule has 160 valence electrons. The van der Waals surface area contributed by atoms with E-state index in [1.807, 2.05) is 32.0 Å². The number of rotatable bonds is 6. The molecule has 0 saturated carbocycles. The van der Waals surface area contributed by atoms with Crippen LogP contribution < -0.4 is 9.47 Å². The van der Waals surface area contributed by atoms with Crippen LogP contribution in [0.1, 0.15) is 16.7 Å². The van der Waals surface area contributed by atoms with E-state index in [0.29, 0.717) is 24.5 Å². The quantitative estimate of drug-likeness (QED) is 0.397. The van der Waals surface area contributed by atoms with Crippen molar-refractivity contribution in [3.05, 3.63) is 59.2 Å². The molecule has 0 unspecified atom stereocenters. The lowest BCUT2D eigenvalue weighted by molar-refractivity contribution is -0.129. The van der Waals surface area contributed by atoms with E-state index in [1.54, 1.807) is 12.1 Å². The third kappa shape index (κ3) is 4.89. The van der Waals surface area contributed by atoms with Gasteiger partial charge >= 0.3 is 5.97 Å². The van der Waals surface area contributed by atoms with E-state index in [9.17, 15) is 13.2 Å². The Labute approximate surface area is 176 Å². The van der Waals surface area contributed by atoms with Gasteiger partial charge in [-0.15, -0.1) is 0 Å². The van der Waals surface area contributed by atoms with E-state index < -0.39 is 16.0 Å². The molecule has 2 aromatic rings. The van der Waals surface area contributed by atoms with E-state index in [2.05, 4.69) is 0 Å². The maximum Gasteiger partial charge on any atom is 0.336 e. The number of carbonyl (C=O) groups is 1. The molecule has 0 N–H and O–H groups in total. The lowest BCUT2D eigenvalue weighted by atomic mass is 10.1. The highest BCUT2D eigenvalue weighted by Crippen LogP contribution is 2.29. The number of nitrogens with zero attached hydrogens (tertiary/aromatic N) is 1. The average molecular weight is 432 g/mol. The summed E-state index contributed by atoms with van der Waals surface area (Å²) in [6, 6.07) is 10.4. The van der Waals surface area contributed by atoms with Gasteiger partial charge in [-0.3, -0.25) is 0 Å². The molecule has 0 amide bonds. The Morgan fingerprint density at radius 1 is 1.10 bits per heavy atom. The molecule has 1 heterocycles. The van der Waals surface area contributed by atoms with Gasteiger partial charge in [0, 0.05) is 19.2 Å². The van der Waals surface area contributed by atoms with Gasteiger partial charge in [0.25, 0.3) is 0 Å². The smallest absolute Gasteiger partial charge is 0.336 e. The molecule has 0 spiro atoms. The summed E-state index contributed by atoms with van der Waals surface area (Å²) in [5.74, 6) is 0.232. The monoisotopic (exact) mass is 431 g/mol. The fraction of sp³-hybridized carbons (Fsp3) is 0.318. The summed E-state index contributed by atoms with van der Waals surface area (Å²) in [7, 11) is -2.33. The van der Waals surface area contributed by atoms with Gasteiger partial charge in [0.1, 0.15) is 16.4 Å². The molecule has 0 aliphatic carbocycles. The number of methoxy groups -OCH3 is 1. The van der Waals surface area contributed by atoms with Crippen LogP contribution in [0, 0.1) is 13.8 Å². The van der Waals surface area contributed by atoms with E-state index in [-0.39, 0.29) is 23.7 Å². The van der Waals surface area contributed by atoms with Gasteiger partial charge in [-0.2, -0.15) is 4.31 Å². The van der Waals surface area contributed by atoms with Crippen molar-refractivity contribution in [2.24, 2.45) is 0 Å². The number of sulfonamides is 1. The van der Waals surface area contributed by atoms with Gasteiger partial charge in [-0.05, 0) is 48.7 Å². The Morgan fingerprint density at radius 2 is 1.77 bits per heavy atom. The number of esters is 1. The predicted molar refractivity (Wildman–Crippen MR) is 113 cm³/mol. The maximum absolute atomic E-state index is 13.0. The Hall–Kier alpha value is -2.68. The Bertz CT molecular complexity index is 1040. The van der Waals surface area contributed by atoms with Crippen molar-refractivity contribution in [2.75, 3.05) is 33.4 Å². The molecule has 1 saturated heterocycles. The van der Waals surface area contributed by atoms with Gasteiger partial charge in [0.15, 0.2) is 0 Å². The summed E-state index contributed by atoms with van der Waals surface area (Å²) in [6.45, 7) is 5.01. The number of carbonyl (C=O) groups excluding carboxylic acids is 1. The Balaban J connectivity index is 1.83. The zero-order valence-electron chi connectivity index (χ0n) is 17.3. The molecule has 3 rings (SSSR count). The molecule has 0 bridgehead atoms. The first-order valence-corrected chi connectivity index (χ1v) is 11.0. The van der Waals surface area contributed by atoms with Crippen molar-refractivity contribution in [2.45, 2.75) is 18.7 Å². The zero-order valence-corrected chi connectivity index (χ0v) is 18.1. The number of ether oxygens (including phenoxy) is 3. The first kappa shape index (κ1) is 22.0. The summed E-state index contributed by atoms with van der Waals surface area (Å²) in [5, 5.41) is 0. The minimum Gasteiger partial charge on any atom is -0.495 e. The largest absolute Gasteiger partial charge is 0.495 e. The highest BCUT2D eigenvalue weighted by molar-refractivity contribution is 7.89. The third-order valence-electron chi connectivity index (χ3n) is 4.80. The minimum atomic E-state index is -3.75. The highest BCUT2D eigenvalue weighted by Gasteiger charge is 2.29. The summed E-state index contributed by atoms with van der Waals surface area (Å²) in [5.41, 5.74) is 2.27. The lowest BCUT2D eigenvalue weighted by Gasteiger charge is -2.26. The molecule has 1 fully saturated rings. The second-order valence-electron chi connectivity index (χ2n) is 6.90. The van der Waals surface area contributed by atoms with Crippen LogP contribution in [0.25, 0.3) is 6.08 Å². The second-order valence-corrected chi connectivity index (χ2v) is 8.81. The van der Waals surface area contributed by atoms with Crippen molar-refractivity contribution in [1.29, 1.82) is 0 Å². The second kappa shape index (κ2) is 9.42. The van der Waals surface area contributed by atoms with E-state index in [1.165, 1.54) is 29.6 Å². The highest BCUT2D eigenvalue weighted by atomic mass is 32.2. The standard InChI is InChI=1S/C22H25NO6S/c1-16-5-4-6-17(2)22(16)29-21(24)10-8-18-7-9-19(27-3)20(15-18)30(25,26)23-11-13-28-14-12-23/h4-10,15H,11-14H2,1-3H3. The van der Waals surface area contributed by atoms with Crippen LogP contribution in [0.5, 0.6) is 11.5 Å². The number of hydrogen-bond acceptors (Lipinski definition) is 6. The van der Waals surface area contributed by atoms with Crippen LogP contribution in [-0.2, 0) is 19.6 Å². The number of hydrogen-bond donors (Lipinski definition) is 0. The number of morpholine rings is 1. The molecule has 0 radical (unpaired) electrons. The summed E-state index contributed by atoms with van der Waals surface area (Å²) in [4.78, 5) is 12.3. The maximum atomic E-state index is 13.0. The van der Waals surface area contributed by atoms with E-state index in [0.717, 1.165) is 11.1 Å². The average Bonchev–Trinajstić information content (AvgIpc) is 2.75. The molecule has 7 nitrogen and oxygen atoms in total. The number of aryl methyl sites for hydroxylation is 2.